The molecule has 0 aliphatic heterocycles. The minimum absolute atomic E-state index is 0.429. The van der Waals surface area contributed by atoms with Gasteiger partial charge in [0.2, 0.25) is 0 Å². The molecule has 2 N–H and O–H groups in total. The van der Waals surface area contributed by atoms with Crippen LogP contribution in [0, 0.1) is 11.6 Å². The second-order valence-electron chi connectivity index (χ2n) is 3.98. The lowest BCUT2D eigenvalue weighted by atomic mass is 10.0. The number of nitrogens with zero attached hydrogens (tertiary/aromatic N) is 3. The van der Waals surface area contributed by atoms with E-state index in [0.29, 0.717) is 18.5 Å². The molecule has 1 heterocycles. The van der Waals surface area contributed by atoms with Crippen LogP contribution in [0.3, 0.4) is 0 Å². The molecule has 2 aromatic rings. The molecule has 1 aromatic heterocycles. The zero-order valence-electron chi connectivity index (χ0n) is 9.98. The van der Waals surface area contributed by atoms with Gasteiger partial charge in [-0.25, -0.2) is 13.8 Å². The molecule has 1 unspecified atom stereocenters. The molecule has 0 aliphatic rings. The number of hydrogen-bond acceptors (Lipinski definition) is 3. The van der Waals surface area contributed by atoms with Gasteiger partial charge in [-0.05, 0) is 24.6 Å². The van der Waals surface area contributed by atoms with E-state index in [0.717, 1.165) is 18.0 Å². The van der Waals surface area contributed by atoms with E-state index in [1.54, 1.807) is 4.68 Å². The van der Waals surface area contributed by atoms with Crippen LogP contribution >= 0.6 is 0 Å². The Hall–Kier alpha value is -1.82. The van der Waals surface area contributed by atoms with E-state index in [9.17, 15) is 8.78 Å². The lowest BCUT2D eigenvalue weighted by molar-refractivity contribution is 0.504. The van der Waals surface area contributed by atoms with Crippen LogP contribution in [0.15, 0.2) is 24.5 Å². The van der Waals surface area contributed by atoms with E-state index < -0.39 is 17.7 Å². The van der Waals surface area contributed by atoms with Gasteiger partial charge < -0.3 is 5.73 Å². The standard InChI is InChI=1S/C12H14F2N4/c1-2-18-12(16-7-17-18)6-11(15)8-3-4-9(13)10(14)5-8/h3-5,7,11H,2,6,15H2,1H3. The Morgan fingerprint density at radius 2 is 2.11 bits per heavy atom. The number of hydrogen-bond donors (Lipinski definition) is 1. The van der Waals surface area contributed by atoms with Gasteiger partial charge in [-0.15, -0.1) is 0 Å². The van der Waals surface area contributed by atoms with Gasteiger partial charge in [0.15, 0.2) is 11.6 Å². The van der Waals surface area contributed by atoms with Crippen molar-refractivity contribution in [2.24, 2.45) is 5.73 Å². The molecular formula is C12H14F2N4. The molecule has 0 bridgehead atoms. The molecule has 2 rings (SSSR count). The monoisotopic (exact) mass is 252 g/mol. The summed E-state index contributed by atoms with van der Waals surface area (Å²) in [5.41, 5.74) is 6.50. The van der Waals surface area contributed by atoms with Gasteiger partial charge >= 0.3 is 0 Å². The van der Waals surface area contributed by atoms with Gasteiger partial charge in [-0.3, -0.25) is 4.68 Å². The summed E-state index contributed by atoms with van der Waals surface area (Å²) in [6, 6.07) is 3.24. The van der Waals surface area contributed by atoms with Crippen LogP contribution in [0.25, 0.3) is 0 Å². The predicted octanol–water partition coefficient (Wildman–Crippen LogP) is 1.82. The average Bonchev–Trinajstić information content (AvgIpc) is 2.79. The minimum Gasteiger partial charge on any atom is -0.324 e. The molecule has 0 saturated heterocycles. The van der Waals surface area contributed by atoms with Crippen molar-refractivity contribution in [3.63, 3.8) is 0 Å². The van der Waals surface area contributed by atoms with E-state index in [1.807, 2.05) is 6.92 Å². The molecule has 1 aromatic carbocycles. The maximum Gasteiger partial charge on any atom is 0.159 e. The topological polar surface area (TPSA) is 56.7 Å². The second-order valence-corrected chi connectivity index (χ2v) is 3.98. The van der Waals surface area contributed by atoms with E-state index in [-0.39, 0.29) is 0 Å². The molecule has 1 atom stereocenters. The number of nitrogens with two attached hydrogens (primary N) is 1. The highest BCUT2D eigenvalue weighted by molar-refractivity contribution is 5.21. The van der Waals surface area contributed by atoms with Crippen LogP contribution in [0.2, 0.25) is 0 Å². The largest absolute Gasteiger partial charge is 0.324 e. The Morgan fingerprint density at radius 3 is 2.78 bits per heavy atom. The highest BCUT2D eigenvalue weighted by Gasteiger charge is 2.13. The fourth-order valence-corrected chi connectivity index (χ4v) is 1.77. The molecule has 0 saturated carbocycles. The fourth-order valence-electron chi connectivity index (χ4n) is 1.77. The summed E-state index contributed by atoms with van der Waals surface area (Å²) in [4.78, 5) is 4.10. The first-order valence-electron chi connectivity index (χ1n) is 5.69. The second kappa shape index (κ2) is 5.22. The summed E-state index contributed by atoms with van der Waals surface area (Å²) in [6.45, 7) is 2.64. The summed E-state index contributed by atoms with van der Waals surface area (Å²) >= 11 is 0. The van der Waals surface area contributed by atoms with Gasteiger partial charge in [-0.1, -0.05) is 6.07 Å². The van der Waals surface area contributed by atoms with Gasteiger partial charge in [0, 0.05) is 19.0 Å². The Bertz CT molecular complexity index is 539. The highest BCUT2D eigenvalue weighted by atomic mass is 19.2. The van der Waals surface area contributed by atoms with Crippen molar-refractivity contribution in [1.29, 1.82) is 0 Å². The lowest BCUT2D eigenvalue weighted by Crippen LogP contribution is -2.17. The number of halogens is 2. The van der Waals surface area contributed by atoms with Crippen LogP contribution in [-0.4, -0.2) is 14.8 Å². The number of aryl methyl sites for hydroxylation is 1. The van der Waals surface area contributed by atoms with Crippen molar-refractivity contribution in [2.45, 2.75) is 25.9 Å². The van der Waals surface area contributed by atoms with Crippen LogP contribution in [-0.2, 0) is 13.0 Å². The quantitative estimate of drug-likeness (QED) is 0.903. The van der Waals surface area contributed by atoms with Crippen LogP contribution in [0.1, 0.15) is 24.4 Å². The van der Waals surface area contributed by atoms with Crippen molar-refractivity contribution in [3.05, 3.63) is 47.5 Å². The molecule has 0 aliphatic carbocycles. The maximum atomic E-state index is 13.1. The van der Waals surface area contributed by atoms with E-state index in [4.69, 9.17) is 5.73 Å². The summed E-state index contributed by atoms with van der Waals surface area (Å²) < 4.78 is 27.6. The third kappa shape index (κ3) is 2.53. The fraction of sp³-hybridized carbons (Fsp3) is 0.333. The third-order valence-electron chi connectivity index (χ3n) is 2.77. The smallest absolute Gasteiger partial charge is 0.159 e. The Morgan fingerprint density at radius 1 is 1.33 bits per heavy atom. The Labute approximate surface area is 103 Å². The first kappa shape index (κ1) is 12.6. The number of aromatic nitrogens is 3. The molecule has 6 heteroatoms. The zero-order valence-corrected chi connectivity index (χ0v) is 9.98. The molecule has 0 fully saturated rings. The zero-order chi connectivity index (χ0) is 13.1. The van der Waals surface area contributed by atoms with Gasteiger partial charge in [0.05, 0.1) is 0 Å². The Balaban J connectivity index is 2.16. The summed E-state index contributed by atoms with van der Waals surface area (Å²) in [5, 5.41) is 4.03. The molecular weight excluding hydrogens is 238 g/mol. The van der Waals surface area contributed by atoms with Crippen LogP contribution < -0.4 is 5.73 Å². The molecule has 4 nitrogen and oxygen atoms in total. The minimum atomic E-state index is -0.889. The van der Waals surface area contributed by atoms with Crippen molar-refractivity contribution < 1.29 is 8.78 Å². The molecule has 0 amide bonds. The van der Waals surface area contributed by atoms with Gasteiger partial charge in [0.1, 0.15) is 12.2 Å². The maximum absolute atomic E-state index is 13.1. The summed E-state index contributed by atoms with van der Waals surface area (Å²) in [7, 11) is 0. The SMILES string of the molecule is CCn1ncnc1CC(N)c1ccc(F)c(F)c1. The van der Waals surface area contributed by atoms with E-state index in [2.05, 4.69) is 10.1 Å². The molecule has 18 heavy (non-hydrogen) atoms. The molecule has 96 valence electrons. The van der Waals surface area contributed by atoms with Crippen molar-refractivity contribution in [3.8, 4) is 0 Å². The van der Waals surface area contributed by atoms with Crippen LogP contribution in [0.5, 0.6) is 0 Å². The normalized spacial score (nSPS) is 12.7. The number of rotatable bonds is 4. The summed E-state index contributed by atoms with van der Waals surface area (Å²) in [5.74, 6) is -1.03. The first-order chi connectivity index (χ1) is 8.61. The number of benzene rings is 1. The first-order valence-corrected chi connectivity index (χ1v) is 5.69. The van der Waals surface area contributed by atoms with Gasteiger partial charge in [-0.2, -0.15) is 5.10 Å². The van der Waals surface area contributed by atoms with E-state index >= 15 is 0 Å². The van der Waals surface area contributed by atoms with Crippen molar-refractivity contribution >= 4 is 0 Å². The average molecular weight is 252 g/mol. The Kier molecular flexibility index (Phi) is 3.66. The summed E-state index contributed by atoms with van der Waals surface area (Å²) in [6.07, 6.45) is 1.88. The molecule has 0 spiro atoms. The van der Waals surface area contributed by atoms with Crippen LogP contribution in [0.4, 0.5) is 8.78 Å². The highest BCUT2D eigenvalue weighted by Crippen LogP contribution is 2.17. The van der Waals surface area contributed by atoms with Crippen molar-refractivity contribution in [1.82, 2.24) is 14.8 Å². The van der Waals surface area contributed by atoms with Gasteiger partial charge in [0.25, 0.3) is 0 Å². The lowest BCUT2D eigenvalue weighted by Gasteiger charge is -2.12. The van der Waals surface area contributed by atoms with E-state index in [1.165, 1.54) is 12.4 Å². The molecule has 0 radical (unpaired) electrons. The predicted molar refractivity (Wildman–Crippen MR) is 62.7 cm³/mol. The third-order valence-corrected chi connectivity index (χ3v) is 2.77. The van der Waals surface area contributed by atoms with Crippen molar-refractivity contribution in [2.75, 3.05) is 0 Å².